The Kier molecular flexibility index (Phi) is 5.98. The molecular formula is C25H32FN5O. The van der Waals surface area contributed by atoms with Crippen molar-refractivity contribution in [3.05, 3.63) is 46.9 Å². The van der Waals surface area contributed by atoms with Crippen molar-refractivity contribution < 1.29 is 9.18 Å². The summed E-state index contributed by atoms with van der Waals surface area (Å²) in [4.78, 5) is 24.6. The molecule has 2 atom stereocenters. The largest absolute Gasteiger partial charge is 0.365 e. The van der Waals surface area contributed by atoms with Crippen LogP contribution >= 0.6 is 0 Å². The topological polar surface area (TPSA) is 70.2 Å². The minimum absolute atomic E-state index is 0.136. The molecule has 2 N–H and O–H groups in total. The summed E-state index contributed by atoms with van der Waals surface area (Å²) < 4.78 is 14.2. The van der Waals surface area contributed by atoms with E-state index in [1.807, 2.05) is 19.1 Å². The minimum Gasteiger partial charge on any atom is -0.365 e. The van der Waals surface area contributed by atoms with Crippen LogP contribution in [0.4, 0.5) is 16.2 Å². The van der Waals surface area contributed by atoms with Crippen molar-refractivity contribution in [2.24, 2.45) is 11.8 Å². The zero-order valence-electron chi connectivity index (χ0n) is 18.7. The zero-order chi connectivity index (χ0) is 22.1. The van der Waals surface area contributed by atoms with Gasteiger partial charge in [0.05, 0.1) is 0 Å². The number of hydrogen-bond donors (Lipinski definition) is 2. The highest BCUT2D eigenvalue weighted by molar-refractivity contribution is 5.98. The van der Waals surface area contributed by atoms with Gasteiger partial charge in [-0.25, -0.2) is 9.37 Å². The number of carbonyl (C=O) groups excluding carboxylic acids is 1. The Morgan fingerprint density at radius 3 is 2.69 bits per heavy atom. The number of halogens is 1. The Morgan fingerprint density at radius 2 is 1.97 bits per heavy atom. The van der Waals surface area contributed by atoms with E-state index in [0.29, 0.717) is 35.9 Å². The average molecular weight is 438 g/mol. The normalized spacial score (nSPS) is 22.5. The van der Waals surface area contributed by atoms with Crippen molar-refractivity contribution in [3.63, 3.8) is 0 Å². The van der Waals surface area contributed by atoms with Gasteiger partial charge in [-0.05, 0) is 54.7 Å². The second-order valence-electron chi connectivity index (χ2n) is 9.53. The number of nitrogens with zero attached hydrogens (tertiary/aromatic N) is 3. The highest BCUT2D eigenvalue weighted by atomic mass is 19.1. The van der Waals surface area contributed by atoms with Gasteiger partial charge in [-0.2, -0.15) is 4.98 Å². The van der Waals surface area contributed by atoms with E-state index in [0.717, 1.165) is 56.2 Å². The van der Waals surface area contributed by atoms with Crippen molar-refractivity contribution in [2.75, 3.05) is 23.3 Å². The number of rotatable bonds is 7. The Hall–Kier alpha value is -2.70. The third kappa shape index (κ3) is 4.57. The van der Waals surface area contributed by atoms with Crippen LogP contribution in [0.25, 0.3) is 0 Å². The van der Waals surface area contributed by atoms with E-state index in [-0.39, 0.29) is 17.8 Å². The Morgan fingerprint density at radius 1 is 1.19 bits per heavy atom. The monoisotopic (exact) mass is 437 g/mol. The van der Waals surface area contributed by atoms with Crippen LogP contribution in [-0.2, 0) is 13.0 Å². The van der Waals surface area contributed by atoms with E-state index in [1.165, 1.54) is 12.8 Å². The number of anilines is 2. The number of hydrogen-bond acceptors (Lipinski definition) is 5. The molecule has 1 aromatic heterocycles. The van der Waals surface area contributed by atoms with E-state index in [2.05, 4.69) is 20.5 Å². The molecule has 1 amide bonds. The average Bonchev–Trinajstić information content (AvgIpc) is 3.43. The fourth-order valence-electron chi connectivity index (χ4n) is 5.07. The second-order valence-corrected chi connectivity index (χ2v) is 9.53. The lowest BCUT2D eigenvalue weighted by Gasteiger charge is -2.24. The van der Waals surface area contributed by atoms with Gasteiger partial charge in [0.25, 0.3) is 5.91 Å². The van der Waals surface area contributed by atoms with Crippen LogP contribution in [0, 0.1) is 17.7 Å². The molecule has 1 saturated heterocycles. The molecule has 0 bridgehead atoms. The summed E-state index contributed by atoms with van der Waals surface area (Å²) in [5.41, 5.74) is 1.98. The number of aryl methyl sites for hydroxylation is 1. The van der Waals surface area contributed by atoms with E-state index >= 15 is 0 Å². The molecule has 2 aliphatic carbocycles. The molecule has 1 aromatic carbocycles. The van der Waals surface area contributed by atoms with Crippen LogP contribution in [0.5, 0.6) is 0 Å². The van der Waals surface area contributed by atoms with Gasteiger partial charge < -0.3 is 15.5 Å². The number of piperidine rings is 1. The van der Waals surface area contributed by atoms with Gasteiger partial charge >= 0.3 is 0 Å². The van der Waals surface area contributed by atoms with Crippen molar-refractivity contribution in [3.8, 4) is 0 Å². The molecule has 0 radical (unpaired) electrons. The minimum atomic E-state index is -0.193. The molecule has 2 unspecified atom stereocenters. The summed E-state index contributed by atoms with van der Waals surface area (Å²) >= 11 is 0. The van der Waals surface area contributed by atoms with Crippen molar-refractivity contribution in [1.82, 2.24) is 15.3 Å². The summed E-state index contributed by atoms with van der Waals surface area (Å²) in [5.74, 6) is 2.39. The molecular weight excluding hydrogens is 405 g/mol. The van der Waals surface area contributed by atoms with E-state index in [9.17, 15) is 9.18 Å². The maximum atomic E-state index is 14.2. The molecule has 2 aromatic rings. The molecule has 2 heterocycles. The van der Waals surface area contributed by atoms with Gasteiger partial charge in [-0.15, -0.1) is 0 Å². The fraction of sp³-hybridized carbons (Fsp3) is 0.560. The number of aromatic nitrogens is 2. The lowest BCUT2D eigenvalue weighted by Crippen LogP contribution is -2.37. The summed E-state index contributed by atoms with van der Waals surface area (Å²) in [6.07, 6.45) is 9.21. The third-order valence-corrected chi connectivity index (χ3v) is 7.18. The number of nitrogens with one attached hydrogen (secondary N) is 2. The fourth-order valence-corrected chi connectivity index (χ4v) is 5.07. The highest BCUT2D eigenvalue weighted by Crippen LogP contribution is 2.45. The van der Waals surface area contributed by atoms with Gasteiger partial charge in [0, 0.05) is 31.9 Å². The molecule has 5 rings (SSSR count). The number of fused-ring (bicyclic) bond motifs is 1. The summed E-state index contributed by atoms with van der Waals surface area (Å²) in [6, 6.07) is 5.52. The van der Waals surface area contributed by atoms with Gasteiger partial charge in [0.15, 0.2) is 0 Å². The zero-order valence-corrected chi connectivity index (χ0v) is 18.7. The first kappa shape index (κ1) is 21.2. The smallest absolute Gasteiger partial charge is 0.256 e. The van der Waals surface area contributed by atoms with Crippen molar-refractivity contribution in [1.29, 1.82) is 0 Å². The molecule has 3 fully saturated rings. The molecule has 6 nitrogen and oxygen atoms in total. The van der Waals surface area contributed by atoms with Gasteiger partial charge in [0.2, 0.25) is 5.95 Å². The van der Waals surface area contributed by atoms with Crippen LogP contribution in [0.15, 0.2) is 24.4 Å². The van der Waals surface area contributed by atoms with Crippen LogP contribution < -0.4 is 15.5 Å². The first-order valence-corrected chi connectivity index (χ1v) is 12.0. The highest BCUT2D eigenvalue weighted by Gasteiger charge is 2.46. The molecule has 32 heavy (non-hydrogen) atoms. The lowest BCUT2D eigenvalue weighted by atomic mass is 9.95. The predicted molar refractivity (Wildman–Crippen MR) is 123 cm³/mol. The first-order chi connectivity index (χ1) is 15.6. The Balaban J connectivity index is 1.35. The standard InChI is InChI=1S/C25H32FN5O/c1-2-17-9-8-16(10-22(17)26)12-27-23-21(24(32)29-20-6-4-3-5-7-20)13-28-25(30-23)31-14-18-11-19(18)15-31/h8-10,13,18-20H,2-7,11-12,14-15H2,1H3,(H,29,32)(H,27,28,30). The van der Waals surface area contributed by atoms with E-state index in [4.69, 9.17) is 4.98 Å². The molecule has 0 spiro atoms. The van der Waals surface area contributed by atoms with Gasteiger partial charge in [-0.1, -0.05) is 38.3 Å². The Bertz CT molecular complexity index is 980. The lowest BCUT2D eigenvalue weighted by molar-refractivity contribution is 0.0928. The predicted octanol–water partition coefficient (Wildman–Crippen LogP) is 4.31. The van der Waals surface area contributed by atoms with Crippen LogP contribution in [0.1, 0.15) is 66.9 Å². The number of amides is 1. The van der Waals surface area contributed by atoms with E-state index in [1.54, 1.807) is 12.3 Å². The molecule has 1 aliphatic heterocycles. The summed E-state index contributed by atoms with van der Waals surface area (Å²) in [5, 5.41) is 6.46. The second kappa shape index (κ2) is 9.04. The van der Waals surface area contributed by atoms with E-state index < -0.39 is 0 Å². The number of benzene rings is 1. The van der Waals surface area contributed by atoms with Crippen molar-refractivity contribution >= 4 is 17.7 Å². The van der Waals surface area contributed by atoms with Crippen LogP contribution in [0.3, 0.4) is 0 Å². The Labute approximate surface area is 189 Å². The summed E-state index contributed by atoms with van der Waals surface area (Å²) in [6.45, 7) is 4.31. The number of carbonyl (C=O) groups is 1. The van der Waals surface area contributed by atoms with Gasteiger partial charge in [0.1, 0.15) is 17.2 Å². The quantitative estimate of drug-likeness (QED) is 0.676. The van der Waals surface area contributed by atoms with Crippen molar-refractivity contribution in [2.45, 2.75) is 64.5 Å². The third-order valence-electron chi connectivity index (χ3n) is 7.18. The molecule has 7 heteroatoms. The SMILES string of the molecule is CCc1ccc(CNc2nc(N3CC4CC4C3)ncc2C(=O)NC2CCCCC2)cc1F. The van der Waals surface area contributed by atoms with Crippen LogP contribution in [0.2, 0.25) is 0 Å². The van der Waals surface area contributed by atoms with Crippen LogP contribution in [-0.4, -0.2) is 35.0 Å². The molecule has 2 saturated carbocycles. The molecule has 3 aliphatic rings. The maximum Gasteiger partial charge on any atom is 0.256 e. The maximum absolute atomic E-state index is 14.2. The summed E-state index contributed by atoms with van der Waals surface area (Å²) in [7, 11) is 0. The first-order valence-electron chi connectivity index (χ1n) is 12.0. The van der Waals surface area contributed by atoms with Gasteiger partial charge in [-0.3, -0.25) is 4.79 Å². The molecule has 170 valence electrons.